The molecule has 1 aliphatic rings. The van der Waals surface area contributed by atoms with E-state index in [1.165, 1.54) is 38.9 Å². The van der Waals surface area contributed by atoms with Crippen LogP contribution in [0.5, 0.6) is 0 Å². The molecule has 96 valence electrons. The van der Waals surface area contributed by atoms with Gasteiger partial charge in [-0.3, -0.25) is 0 Å². The zero-order valence-corrected chi connectivity index (χ0v) is 11.2. The van der Waals surface area contributed by atoms with Gasteiger partial charge in [0.05, 0.1) is 6.10 Å². The maximum atomic E-state index is 5.91. The first kappa shape index (κ1) is 13.9. The van der Waals surface area contributed by atoms with Gasteiger partial charge in [0.15, 0.2) is 0 Å². The first-order valence-corrected chi connectivity index (χ1v) is 6.71. The van der Waals surface area contributed by atoms with Gasteiger partial charge in [0.2, 0.25) is 0 Å². The summed E-state index contributed by atoms with van der Waals surface area (Å²) >= 11 is 0. The summed E-state index contributed by atoms with van der Waals surface area (Å²) in [5.74, 6) is 0. The van der Waals surface area contributed by atoms with Crippen molar-refractivity contribution in [2.45, 2.75) is 38.7 Å². The molecule has 3 nitrogen and oxygen atoms in total. The molecule has 0 aromatic rings. The second-order valence-electron chi connectivity index (χ2n) is 5.07. The van der Waals surface area contributed by atoms with Gasteiger partial charge in [-0.2, -0.15) is 0 Å². The number of hydrogen-bond acceptors (Lipinski definition) is 3. The SMILES string of the molecule is CCCN1CCC(OCCCN(C)C)CC1. The van der Waals surface area contributed by atoms with E-state index in [4.69, 9.17) is 4.74 Å². The van der Waals surface area contributed by atoms with Crippen molar-refractivity contribution in [3.05, 3.63) is 0 Å². The van der Waals surface area contributed by atoms with Gasteiger partial charge in [-0.05, 0) is 52.9 Å². The molecule has 0 aliphatic carbocycles. The maximum absolute atomic E-state index is 5.91. The highest BCUT2D eigenvalue weighted by atomic mass is 16.5. The predicted octanol–water partition coefficient (Wildman–Crippen LogP) is 1.83. The Hall–Kier alpha value is -0.120. The molecule has 1 rings (SSSR count). The lowest BCUT2D eigenvalue weighted by Crippen LogP contribution is -2.37. The molecule has 0 saturated carbocycles. The highest BCUT2D eigenvalue weighted by Gasteiger charge is 2.18. The third-order valence-corrected chi connectivity index (χ3v) is 3.18. The van der Waals surface area contributed by atoms with E-state index in [-0.39, 0.29) is 0 Å². The van der Waals surface area contributed by atoms with Gasteiger partial charge in [0, 0.05) is 19.7 Å². The summed E-state index contributed by atoms with van der Waals surface area (Å²) in [7, 11) is 4.23. The summed E-state index contributed by atoms with van der Waals surface area (Å²) in [6.45, 7) is 8.03. The second-order valence-corrected chi connectivity index (χ2v) is 5.07. The van der Waals surface area contributed by atoms with Crippen molar-refractivity contribution >= 4 is 0 Å². The topological polar surface area (TPSA) is 15.7 Å². The standard InChI is InChI=1S/C13H28N2O/c1-4-8-15-10-6-13(7-11-15)16-12-5-9-14(2)3/h13H,4-12H2,1-3H3. The Morgan fingerprint density at radius 3 is 2.50 bits per heavy atom. The van der Waals surface area contributed by atoms with Gasteiger partial charge < -0.3 is 14.5 Å². The quantitative estimate of drug-likeness (QED) is 0.618. The van der Waals surface area contributed by atoms with Crippen molar-refractivity contribution in [2.75, 3.05) is 46.9 Å². The Balaban J connectivity index is 1.99. The Morgan fingerprint density at radius 2 is 1.94 bits per heavy atom. The molecular weight excluding hydrogens is 200 g/mol. The van der Waals surface area contributed by atoms with Crippen molar-refractivity contribution in [1.82, 2.24) is 9.80 Å². The fourth-order valence-corrected chi connectivity index (χ4v) is 2.25. The highest BCUT2D eigenvalue weighted by Crippen LogP contribution is 2.13. The molecule has 1 fully saturated rings. The van der Waals surface area contributed by atoms with Crippen molar-refractivity contribution < 1.29 is 4.74 Å². The first-order chi connectivity index (χ1) is 7.72. The fraction of sp³-hybridized carbons (Fsp3) is 1.00. The van der Waals surface area contributed by atoms with Crippen molar-refractivity contribution in [3.63, 3.8) is 0 Å². The molecule has 0 N–H and O–H groups in total. The molecule has 16 heavy (non-hydrogen) atoms. The molecule has 0 bridgehead atoms. The molecule has 0 aromatic heterocycles. The third-order valence-electron chi connectivity index (χ3n) is 3.18. The Labute approximate surface area is 101 Å². The van der Waals surface area contributed by atoms with E-state index in [1.54, 1.807) is 0 Å². The summed E-state index contributed by atoms with van der Waals surface area (Å²) in [5, 5.41) is 0. The molecule has 0 radical (unpaired) electrons. The minimum atomic E-state index is 0.523. The molecular formula is C13H28N2O. The Kier molecular flexibility index (Phi) is 7.01. The third kappa shape index (κ3) is 5.83. The zero-order valence-electron chi connectivity index (χ0n) is 11.2. The molecule has 0 spiro atoms. The van der Waals surface area contributed by atoms with E-state index in [2.05, 4.69) is 30.8 Å². The van der Waals surface area contributed by atoms with Crippen LogP contribution in [-0.4, -0.2) is 62.8 Å². The van der Waals surface area contributed by atoms with Gasteiger partial charge >= 0.3 is 0 Å². The minimum Gasteiger partial charge on any atom is -0.378 e. The number of piperidine rings is 1. The van der Waals surface area contributed by atoms with Crippen LogP contribution in [0.4, 0.5) is 0 Å². The van der Waals surface area contributed by atoms with Crippen LogP contribution in [-0.2, 0) is 4.74 Å². The van der Waals surface area contributed by atoms with E-state index in [0.717, 1.165) is 19.6 Å². The number of hydrogen-bond donors (Lipinski definition) is 0. The van der Waals surface area contributed by atoms with Crippen molar-refractivity contribution in [3.8, 4) is 0 Å². The molecule has 0 unspecified atom stereocenters. The van der Waals surface area contributed by atoms with Gasteiger partial charge in [0.1, 0.15) is 0 Å². The first-order valence-electron chi connectivity index (χ1n) is 6.71. The van der Waals surface area contributed by atoms with E-state index in [0.29, 0.717) is 6.10 Å². The normalized spacial score (nSPS) is 19.5. The van der Waals surface area contributed by atoms with E-state index in [9.17, 15) is 0 Å². The molecule has 0 atom stereocenters. The largest absolute Gasteiger partial charge is 0.378 e. The number of ether oxygens (including phenoxy) is 1. The van der Waals surface area contributed by atoms with Crippen LogP contribution in [0.25, 0.3) is 0 Å². The van der Waals surface area contributed by atoms with E-state index >= 15 is 0 Å². The van der Waals surface area contributed by atoms with Gasteiger partial charge in [-0.1, -0.05) is 6.92 Å². The average Bonchev–Trinajstić information content (AvgIpc) is 2.27. The summed E-state index contributed by atoms with van der Waals surface area (Å²) < 4.78 is 5.91. The summed E-state index contributed by atoms with van der Waals surface area (Å²) in [6, 6.07) is 0. The van der Waals surface area contributed by atoms with Crippen LogP contribution >= 0.6 is 0 Å². The monoisotopic (exact) mass is 228 g/mol. The van der Waals surface area contributed by atoms with Crippen molar-refractivity contribution in [2.24, 2.45) is 0 Å². The summed E-state index contributed by atoms with van der Waals surface area (Å²) in [6.07, 6.45) is 5.40. The van der Waals surface area contributed by atoms with Crippen LogP contribution in [0.3, 0.4) is 0 Å². The molecule has 1 aliphatic heterocycles. The lowest BCUT2D eigenvalue weighted by Gasteiger charge is -2.31. The maximum Gasteiger partial charge on any atom is 0.0599 e. The van der Waals surface area contributed by atoms with Crippen LogP contribution in [0.15, 0.2) is 0 Å². The molecule has 3 heteroatoms. The van der Waals surface area contributed by atoms with Crippen LogP contribution in [0.2, 0.25) is 0 Å². The van der Waals surface area contributed by atoms with E-state index in [1.807, 2.05) is 0 Å². The number of rotatable bonds is 7. The summed E-state index contributed by atoms with van der Waals surface area (Å²) in [5.41, 5.74) is 0. The van der Waals surface area contributed by atoms with E-state index < -0.39 is 0 Å². The number of likely N-dealkylation sites (tertiary alicyclic amines) is 1. The Morgan fingerprint density at radius 1 is 1.25 bits per heavy atom. The van der Waals surface area contributed by atoms with Crippen LogP contribution < -0.4 is 0 Å². The molecule has 0 aromatic carbocycles. The lowest BCUT2D eigenvalue weighted by atomic mass is 10.1. The fourth-order valence-electron chi connectivity index (χ4n) is 2.25. The molecule has 1 saturated heterocycles. The predicted molar refractivity (Wildman–Crippen MR) is 68.9 cm³/mol. The summed E-state index contributed by atoms with van der Waals surface area (Å²) in [4.78, 5) is 4.77. The van der Waals surface area contributed by atoms with Crippen LogP contribution in [0, 0.1) is 0 Å². The van der Waals surface area contributed by atoms with Gasteiger partial charge in [-0.25, -0.2) is 0 Å². The van der Waals surface area contributed by atoms with Crippen LogP contribution in [0.1, 0.15) is 32.6 Å². The van der Waals surface area contributed by atoms with Crippen molar-refractivity contribution in [1.29, 1.82) is 0 Å². The van der Waals surface area contributed by atoms with Gasteiger partial charge in [0.25, 0.3) is 0 Å². The smallest absolute Gasteiger partial charge is 0.0599 e. The number of nitrogens with zero attached hydrogens (tertiary/aromatic N) is 2. The second kappa shape index (κ2) is 8.04. The lowest BCUT2D eigenvalue weighted by molar-refractivity contribution is 0.00501. The molecule has 0 amide bonds. The van der Waals surface area contributed by atoms with Gasteiger partial charge in [-0.15, -0.1) is 0 Å². The Bertz CT molecular complexity index is 165. The minimum absolute atomic E-state index is 0.523. The highest BCUT2D eigenvalue weighted by molar-refractivity contribution is 4.72. The zero-order chi connectivity index (χ0) is 11.8. The average molecular weight is 228 g/mol. The molecule has 1 heterocycles.